The maximum absolute atomic E-state index is 12.3. The Morgan fingerprint density at radius 3 is 2.23 bits per heavy atom. The van der Waals surface area contributed by atoms with Crippen LogP contribution in [0.1, 0.15) is 17.3 Å². The average molecular weight is 373 g/mol. The molecular weight excluding hydrogens is 354 g/mol. The van der Waals surface area contributed by atoms with Crippen LogP contribution in [0.3, 0.4) is 0 Å². The quantitative estimate of drug-likeness (QED) is 0.648. The van der Waals surface area contributed by atoms with Gasteiger partial charge in [-0.05, 0) is 42.5 Å². The van der Waals surface area contributed by atoms with E-state index in [1.165, 1.54) is 37.3 Å². The van der Waals surface area contributed by atoms with Gasteiger partial charge in [0.25, 0.3) is 5.91 Å². The number of carbonyl (C=O) groups excluding carboxylic acids is 2. The zero-order valence-corrected chi connectivity index (χ0v) is 15.0. The van der Waals surface area contributed by atoms with E-state index in [4.69, 9.17) is 0 Å². The molecule has 7 nitrogen and oxygen atoms in total. The molecule has 0 unspecified atom stereocenters. The lowest BCUT2D eigenvalue weighted by atomic mass is 10.2. The first-order valence-electron chi connectivity index (χ1n) is 7.71. The number of anilines is 2. The lowest BCUT2D eigenvalue weighted by Gasteiger charge is -2.09. The molecule has 26 heavy (non-hydrogen) atoms. The van der Waals surface area contributed by atoms with Crippen molar-refractivity contribution >= 4 is 33.2 Å². The number of nitrogens with one attached hydrogen (secondary N) is 3. The second-order valence-electron chi connectivity index (χ2n) is 5.38. The van der Waals surface area contributed by atoms with Crippen molar-refractivity contribution in [2.24, 2.45) is 0 Å². The maximum atomic E-state index is 12.3. The van der Waals surface area contributed by atoms with Gasteiger partial charge < -0.3 is 10.6 Å². The summed E-state index contributed by atoms with van der Waals surface area (Å²) in [7, 11) is -3.63. The Kier molecular flexibility index (Phi) is 6.26. The van der Waals surface area contributed by atoms with Crippen LogP contribution in [0.4, 0.5) is 11.4 Å². The van der Waals surface area contributed by atoms with E-state index in [-0.39, 0.29) is 17.3 Å². The zero-order valence-electron chi connectivity index (χ0n) is 14.2. The molecule has 0 aliphatic rings. The highest BCUT2D eigenvalue weighted by Crippen LogP contribution is 2.17. The van der Waals surface area contributed by atoms with Crippen molar-refractivity contribution in [2.75, 3.05) is 17.2 Å². The molecule has 0 aliphatic heterocycles. The van der Waals surface area contributed by atoms with E-state index < -0.39 is 15.9 Å². The minimum Gasteiger partial charge on any atom is -0.326 e. The Morgan fingerprint density at radius 1 is 1.04 bits per heavy atom. The molecular formula is C18H19N3O4S. The molecule has 2 rings (SSSR count). The summed E-state index contributed by atoms with van der Waals surface area (Å²) in [6.07, 6.45) is 1.44. The SMILES string of the molecule is C=CCNS(=O)(=O)c1ccc(C(=O)Nc2cccc(NC(C)=O)c2)cc1. The van der Waals surface area contributed by atoms with Gasteiger partial charge in [-0.2, -0.15) is 0 Å². The van der Waals surface area contributed by atoms with E-state index in [1.807, 2.05) is 0 Å². The van der Waals surface area contributed by atoms with Crippen molar-refractivity contribution in [3.8, 4) is 0 Å². The van der Waals surface area contributed by atoms with Crippen molar-refractivity contribution in [1.82, 2.24) is 4.72 Å². The minimum atomic E-state index is -3.63. The molecule has 0 atom stereocenters. The standard InChI is InChI=1S/C18H19N3O4S/c1-3-11-19-26(24,25)17-9-7-14(8-10-17)18(23)21-16-6-4-5-15(12-16)20-13(2)22/h3-10,12,19H,1,11H2,2H3,(H,20,22)(H,21,23). The van der Waals surface area contributed by atoms with Gasteiger partial charge in [-0.1, -0.05) is 12.1 Å². The smallest absolute Gasteiger partial charge is 0.255 e. The van der Waals surface area contributed by atoms with Crippen molar-refractivity contribution in [3.63, 3.8) is 0 Å². The molecule has 0 aliphatic carbocycles. The summed E-state index contributed by atoms with van der Waals surface area (Å²) in [5.41, 5.74) is 1.37. The van der Waals surface area contributed by atoms with Gasteiger partial charge in [0.2, 0.25) is 15.9 Å². The third-order valence-corrected chi connectivity index (χ3v) is 4.72. The molecule has 0 bridgehead atoms. The molecule has 2 aromatic rings. The monoisotopic (exact) mass is 373 g/mol. The third kappa shape index (κ3) is 5.27. The van der Waals surface area contributed by atoms with Gasteiger partial charge in [-0.25, -0.2) is 13.1 Å². The predicted molar refractivity (Wildman–Crippen MR) is 101 cm³/mol. The molecule has 0 heterocycles. The van der Waals surface area contributed by atoms with Crippen LogP contribution in [0.25, 0.3) is 0 Å². The van der Waals surface area contributed by atoms with Crippen LogP contribution in [0, 0.1) is 0 Å². The highest BCUT2D eigenvalue weighted by Gasteiger charge is 2.14. The first-order valence-corrected chi connectivity index (χ1v) is 9.20. The number of amides is 2. The number of carbonyl (C=O) groups is 2. The van der Waals surface area contributed by atoms with Crippen molar-refractivity contribution < 1.29 is 18.0 Å². The number of benzene rings is 2. The van der Waals surface area contributed by atoms with Crippen molar-refractivity contribution in [3.05, 3.63) is 66.7 Å². The van der Waals surface area contributed by atoms with Gasteiger partial charge in [-0.3, -0.25) is 9.59 Å². The zero-order chi connectivity index (χ0) is 19.2. The molecule has 0 spiro atoms. The summed E-state index contributed by atoms with van der Waals surface area (Å²) in [6.45, 7) is 4.97. The predicted octanol–water partition coefficient (Wildman–Crippen LogP) is 2.36. The lowest BCUT2D eigenvalue weighted by molar-refractivity contribution is -0.114. The van der Waals surface area contributed by atoms with Crippen molar-refractivity contribution in [2.45, 2.75) is 11.8 Å². The summed E-state index contributed by atoms with van der Waals surface area (Å²) in [6, 6.07) is 12.3. The molecule has 2 amide bonds. The van der Waals surface area contributed by atoms with E-state index in [9.17, 15) is 18.0 Å². The number of rotatable bonds is 7. The third-order valence-electron chi connectivity index (χ3n) is 3.29. The van der Waals surface area contributed by atoms with Gasteiger partial charge in [0.1, 0.15) is 0 Å². The van der Waals surface area contributed by atoms with Gasteiger partial charge in [0.15, 0.2) is 0 Å². The molecule has 2 aromatic carbocycles. The Bertz CT molecular complexity index is 922. The fourth-order valence-electron chi connectivity index (χ4n) is 2.12. The highest BCUT2D eigenvalue weighted by molar-refractivity contribution is 7.89. The van der Waals surface area contributed by atoms with Crippen LogP contribution in [0.5, 0.6) is 0 Å². The van der Waals surface area contributed by atoms with Crippen LogP contribution in [-0.4, -0.2) is 26.8 Å². The lowest BCUT2D eigenvalue weighted by Crippen LogP contribution is -2.23. The topological polar surface area (TPSA) is 104 Å². The van der Waals surface area contributed by atoms with Crippen LogP contribution in [0.15, 0.2) is 66.1 Å². The number of sulfonamides is 1. The Morgan fingerprint density at radius 2 is 1.65 bits per heavy atom. The van der Waals surface area contributed by atoms with Crippen LogP contribution in [-0.2, 0) is 14.8 Å². The molecule has 3 N–H and O–H groups in total. The summed E-state index contributed by atoms with van der Waals surface area (Å²) < 4.78 is 26.3. The molecule has 8 heteroatoms. The minimum absolute atomic E-state index is 0.0588. The van der Waals surface area contributed by atoms with Gasteiger partial charge in [0, 0.05) is 30.4 Å². The summed E-state index contributed by atoms with van der Waals surface area (Å²) in [4.78, 5) is 23.5. The second kappa shape index (κ2) is 8.41. The second-order valence-corrected chi connectivity index (χ2v) is 7.15. The van der Waals surface area contributed by atoms with Crippen LogP contribution < -0.4 is 15.4 Å². The fraction of sp³-hybridized carbons (Fsp3) is 0.111. The highest BCUT2D eigenvalue weighted by atomic mass is 32.2. The first kappa shape index (κ1) is 19.4. The van der Waals surface area contributed by atoms with Crippen molar-refractivity contribution in [1.29, 1.82) is 0 Å². The Balaban J connectivity index is 2.11. The fourth-order valence-corrected chi connectivity index (χ4v) is 3.12. The number of hydrogen-bond donors (Lipinski definition) is 3. The average Bonchev–Trinajstić information content (AvgIpc) is 2.60. The molecule has 0 radical (unpaired) electrons. The van der Waals surface area contributed by atoms with Gasteiger partial charge in [0.05, 0.1) is 4.90 Å². The summed E-state index contributed by atoms with van der Waals surface area (Å²) in [5, 5.41) is 5.32. The first-order chi connectivity index (χ1) is 12.3. The molecule has 0 saturated carbocycles. The van der Waals surface area contributed by atoms with E-state index in [0.717, 1.165) is 0 Å². The van der Waals surface area contributed by atoms with E-state index >= 15 is 0 Å². The largest absolute Gasteiger partial charge is 0.326 e. The van der Waals surface area contributed by atoms with E-state index in [0.29, 0.717) is 16.9 Å². The summed E-state index contributed by atoms with van der Waals surface area (Å²) in [5.74, 6) is -0.608. The maximum Gasteiger partial charge on any atom is 0.255 e. The molecule has 136 valence electrons. The Labute approximate surface area is 152 Å². The Hall–Kier alpha value is -2.97. The molecule has 0 fully saturated rings. The number of hydrogen-bond acceptors (Lipinski definition) is 4. The molecule has 0 aromatic heterocycles. The normalized spacial score (nSPS) is 10.8. The van der Waals surface area contributed by atoms with Crippen LogP contribution in [0.2, 0.25) is 0 Å². The van der Waals surface area contributed by atoms with E-state index in [1.54, 1.807) is 24.3 Å². The van der Waals surface area contributed by atoms with Gasteiger partial charge in [-0.15, -0.1) is 6.58 Å². The molecule has 0 saturated heterocycles. The van der Waals surface area contributed by atoms with Gasteiger partial charge >= 0.3 is 0 Å². The van der Waals surface area contributed by atoms with Crippen LogP contribution >= 0.6 is 0 Å². The van der Waals surface area contributed by atoms with E-state index in [2.05, 4.69) is 21.9 Å². The summed E-state index contributed by atoms with van der Waals surface area (Å²) >= 11 is 0.